The van der Waals surface area contributed by atoms with Gasteiger partial charge in [-0.2, -0.15) is 0 Å². The maximum Gasteiger partial charge on any atom is 0.340 e. The van der Waals surface area contributed by atoms with Crippen molar-refractivity contribution in [1.29, 1.82) is 0 Å². The van der Waals surface area contributed by atoms with Gasteiger partial charge in [0.1, 0.15) is 17.2 Å². The maximum absolute atomic E-state index is 13.1. The molecule has 3 rings (SSSR count). The van der Waals surface area contributed by atoms with Crippen molar-refractivity contribution in [2.24, 2.45) is 14.1 Å². The molecule has 0 bridgehead atoms. The Morgan fingerprint density at radius 1 is 1.03 bits per heavy atom. The van der Waals surface area contributed by atoms with Crippen LogP contribution >= 0.6 is 0 Å². The van der Waals surface area contributed by atoms with E-state index in [9.17, 15) is 23.6 Å². The van der Waals surface area contributed by atoms with Gasteiger partial charge >= 0.3 is 11.7 Å². The van der Waals surface area contributed by atoms with Crippen LogP contribution in [0.3, 0.4) is 0 Å². The Labute approximate surface area is 175 Å². The van der Waals surface area contributed by atoms with Gasteiger partial charge in [0.05, 0.1) is 11.3 Å². The smallest absolute Gasteiger partial charge is 0.340 e. The molecule has 0 saturated heterocycles. The summed E-state index contributed by atoms with van der Waals surface area (Å²) in [5, 5.41) is 2.98. The van der Waals surface area contributed by atoms with E-state index in [1.165, 1.54) is 44.4 Å². The third-order valence-corrected chi connectivity index (χ3v) is 4.59. The summed E-state index contributed by atoms with van der Waals surface area (Å²) in [6.45, 7) is -0.749. The molecule has 31 heavy (non-hydrogen) atoms. The molecular weight excluding hydrogens is 407 g/mol. The van der Waals surface area contributed by atoms with Crippen LogP contribution in [0.5, 0.6) is 0 Å². The van der Waals surface area contributed by atoms with Gasteiger partial charge in [-0.25, -0.2) is 14.0 Å². The zero-order valence-electron chi connectivity index (χ0n) is 16.7. The molecule has 0 spiro atoms. The molecule has 0 aliphatic heterocycles. The van der Waals surface area contributed by atoms with E-state index < -0.39 is 41.0 Å². The fourth-order valence-electron chi connectivity index (χ4n) is 2.86. The Kier molecular flexibility index (Phi) is 6.00. The summed E-state index contributed by atoms with van der Waals surface area (Å²) in [5.41, 5.74) is 4.80. The van der Waals surface area contributed by atoms with Crippen molar-refractivity contribution in [2.45, 2.75) is 0 Å². The largest absolute Gasteiger partial charge is 0.454 e. The normalized spacial score (nSPS) is 10.5. The average Bonchev–Trinajstić information content (AvgIpc) is 2.76. The van der Waals surface area contributed by atoms with Gasteiger partial charge in [-0.3, -0.25) is 18.7 Å². The third-order valence-electron chi connectivity index (χ3n) is 4.59. The topological polar surface area (TPSA) is 125 Å². The van der Waals surface area contributed by atoms with E-state index in [0.717, 1.165) is 9.13 Å². The first-order valence-corrected chi connectivity index (χ1v) is 9.08. The first kappa shape index (κ1) is 21.5. The fourth-order valence-corrected chi connectivity index (χ4v) is 2.86. The number of para-hydroxylation sites is 1. The minimum atomic E-state index is -0.875. The van der Waals surface area contributed by atoms with Crippen LogP contribution in [-0.4, -0.2) is 27.5 Å². The van der Waals surface area contributed by atoms with Gasteiger partial charge in [0.25, 0.3) is 5.56 Å². The molecule has 2 aromatic carbocycles. The summed E-state index contributed by atoms with van der Waals surface area (Å²) in [7, 11) is 2.53. The number of nitrogens with zero attached hydrogens (tertiary/aromatic N) is 2. The lowest BCUT2D eigenvalue weighted by Crippen LogP contribution is -2.42. The molecule has 3 aromatic rings. The number of carbonyl (C=O) groups excluding carboxylic acids is 2. The summed E-state index contributed by atoms with van der Waals surface area (Å²) >= 11 is 0. The second kappa shape index (κ2) is 8.66. The van der Waals surface area contributed by atoms with Gasteiger partial charge in [0, 0.05) is 19.8 Å². The molecule has 0 unspecified atom stereocenters. The first-order valence-electron chi connectivity index (χ1n) is 9.08. The minimum Gasteiger partial charge on any atom is -0.454 e. The molecule has 0 fully saturated rings. The molecule has 10 heteroatoms. The predicted molar refractivity (Wildman–Crippen MR) is 112 cm³/mol. The maximum atomic E-state index is 13.1. The van der Waals surface area contributed by atoms with Crippen molar-refractivity contribution in [3.8, 4) is 0 Å². The molecule has 3 N–H and O–H groups in total. The Morgan fingerprint density at radius 3 is 2.35 bits per heavy atom. The molecule has 160 valence electrons. The molecular formula is C21H19FN4O5. The van der Waals surface area contributed by atoms with Crippen molar-refractivity contribution >= 4 is 28.9 Å². The van der Waals surface area contributed by atoms with Crippen LogP contribution in [0.2, 0.25) is 0 Å². The van der Waals surface area contributed by atoms with Crippen LogP contribution in [-0.2, 0) is 18.8 Å². The molecule has 0 atom stereocenters. The highest BCUT2D eigenvalue weighted by Gasteiger charge is 2.22. The van der Waals surface area contributed by atoms with E-state index in [1.54, 1.807) is 18.2 Å². The van der Waals surface area contributed by atoms with Crippen LogP contribution in [0.4, 0.5) is 21.6 Å². The first-order chi connectivity index (χ1) is 14.7. The number of esters is 1. The van der Waals surface area contributed by atoms with E-state index in [0.29, 0.717) is 11.4 Å². The van der Waals surface area contributed by atoms with Crippen LogP contribution in [0.1, 0.15) is 20.7 Å². The lowest BCUT2D eigenvalue weighted by atomic mass is 10.1. The fraction of sp³-hybridized carbons (Fsp3) is 0.143. The van der Waals surface area contributed by atoms with E-state index in [2.05, 4.69) is 5.32 Å². The number of nitrogens with two attached hydrogens (primary N) is 1. The lowest BCUT2D eigenvalue weighted by molar-refractivity contribution is 0.0475. The molecule has 0 saturated carbocycles. The number of rotatable bonds is 6. The van der Waals surface area contributed by atoms with Gasteiger partial charge in [0.2, 0.25) is 5.78 Å². The van der Waals surface area contributed by atoms with Crippen molar-refractivity contribution in [1.82, 2.24) is 9.13 Å². The Hall–Kier alpha value is -4.21. The number of carbonyl (C=O) groups is 2. The standard InChI is InChI=1S/C21H19FN4O5/c1-25-18(23)17(19(28)26(2)21(25)30)16(27)11-31-20(29)14-5-3-4-6-15(14)24-13-9-7-12(22)8-10-13/h3-10,24H,11,23H2,1-2H3. The zero-order valence-corrected chi connectivity index (χ0v) is 16.7. The van der Waals surface area contributed by atoms with Crippen LogP contribution in [0, 0.1) is 5.82 Å². The van der Waals surface area contributed by atoms with Crippen LogP contribution in [0.25, 0.3) is 0 Å². The number of nitrogen functional groups attached to an aromatic ring is 1. The molecule has 1 aromatic heterocycles. The summed E-state index contributed by atoms with van der Waals surface area (Å²) in [6, 6.07) is 11.9. The highest BCUT2D eigenvalue weighted by molar-refractivity contribution is 6.03. The number of ether oxygens (including phenoxy) is 1. The highest BCUT2D eigenvalue weighted by atomic mass is 19.1. The van der Waals surface area contributed by atoms with Gasteiger partial charge in [0.15, 0.2) is 6.61 Å². The molecule has 0 amide bonds. The second-order valence-corrected chi connectivity index (χ2v) is 6.64. The number of aromatic nitrogens is 2. The van der Waals surface area contributed by atoms with Gasteiger partial charge in [-0.15, -0.1) is 0 Å². The number of halogens is 1. The SMILES string of the molecule is Cn1c(N)c(C(=O)COC(=O)c2ccccc2Nc2ccc(F)cc2)c(=O)n(C)c1=O. The number of Topliss-reactive ketones (excluding diaryl/α,β-unsaturated/α-hetero) is 1. The molecule has 0 aliphatic carbocycles. The predicted octanol–water partition coefficient (Wildman–Crippen LogP) is 1.59. The number of nitrogens with one attached hydrogen (secondary N) is 1. The molecule has 0 aliphatic rings. The van der Waals surface area contributed by atoms with E-state index >= 15 is 0 Å². The van der Waals surface area contributed by atoms with Crippen molar-refractivity contribution in [3.63, 3.8) is 0 Å². The van der Waals surface area contributed by atoms with Crippen molar-refractivity contribution in [3.05, 3.63) is 86.3 Å². The average molecular weight is 426 g/mol. The highest BCUT2D eigenvalue weighted by Crippen LogP contribution is 2.22. The summed E-state index contributed by atoms with van der Waals surface area (Å²) in [4.78, 5) is 49.2. The molecule has 1 heterocycles. The Bertz CT molecular complexity index is 1280. The Morgan fingerprint density at radius 2 is 1.68 bits per heavy atom. The van der Waals surface area contributed by atoms with E-state index in [1.807, 2.05) is 0 Å². The summed E-state index contributed by atoms with van der Waals surface area (Å²) in [5.74, 6) is -2.38. The quantitative estimate of drug-likeness (QED) is 0.453. The monoisotopic (exact) mass is 426 g/mol. The molecule has 0 radical (unpaired) electrons. The zero-order chi connectivity index (χ0) is 22.7. The van der Waals surface area contributed by atoms with Gasteiger partial charge < -0.3 is 15.8 Å². The van der Waals surface area contributed by atoms with Crippen molar-refractivity contribution < 1.29 is 18.7 Å². The van der Waals surface area contributed by atoms with Gasteiger partial charge in [-0.1, -0.05) is 12.1 Å². The van der Waals surface area contributed by atoms with E-state index in [4.69, 9.17) is 10.5 Å². The molecule has 9 nitrogen and oxygen atoms in total. The third kappa shape index (κ3) is 4.37. The number of ketones is 1. The van der Waals surface area contributed by atoms with E-state index in [-0.39, 0.29) is 11.4 Å². The van der Waals surface area contributed by atoms with Crippen LogP contribution < -0.4 is 22.3 Å². The second-order valence-electron chi connectivity index (χ2n) is 6.64. The number of hydrogen-bond acceptors (Lipinski definition) is 7. The van der Waals surface area contributed by atoms with Crippen LogP contribution in [0.15, 0.2) is 58.1 Å². The minimum absolute atomic E-state index is 0.126. The Balaban J connectivity index is 1.79. The van der Waals surface area contributed by atoms with Gasteiger partial charge in [-0.05, 0) is 36.4 Å². The number of anilines is 3. The summed E-state index contributed by atoms with van der Waals surface area (Å²) < 4.78 is 19.9. The number of hydrogen-bond donors (Lipinski definition) is 2. The number of benzene rings is 2. The summed E-state index contributed by atoms with van der Waals surface area (Å²) in [6.07, 6.45) is 0. The van der Waals surface area contributed by atoms with Crippen molar-refractivity contribution in [2.75, 3.05) is 17.7 Å². The lowest BCUT2D eigenvalue weighted by Gasteiger charge is -2.13.